The fraction of sp³-hybridized carbons (Fsp3) is 0.524. The number of carbonyl (C=O) groups excluding carboxylic acids is 3. The number of hydrogen-bond donors (Lipinski definition) is 6. The first-order chi connectivity index (χ1) is 14.5. The van der Waals surface area contributed by atoms with Crippen LogP contribution in [0.25, 0.3) is 0 Å². The molecule has 0 spiro atoms. The number of aliphatic hydroxyl groups is 1. The zero-order chi connectivity index (χ0) is 23.6. The number of carboxylic acid groups (broad SMARTS) is 1. The highest BCUT2D eigenvalue weighted by Crippen LogP contribution is 2.07. The maximum Gasteiger partial charge on any atom is 0.326 e. The molecule has 0 fully saturated rings. The second kappa shape index (κ2) is 12.7. The van der Waals surface area contributed by atoms with Gasteiger partial charge in [0.25, 0.3) is 0 Å². The van der Waals surface area contributed by atoms with E-state index in [2.05, 4.69) is 16.0 Å². The monoisotopic (exact) mass is 436 g/mol. The molecule has 7 N–H and O–H groups in total. The first-order valence-corrected chi connectivity index (χ1v) is 10.1. The molecule has 0 bridgehead atoms. The normalized spacial score (nSPS) is 14.8. The first kappa shape index (κ1) is 26.1. The molecule has 1 rings (SSSR count). The maximum atomic E-state index is 12.8. The highest BCUT2D eigenvalue weighted by molar-refractivity contribution is 5.94. The van der Waals surface area contributed by atoms with Crippen LogP contribution in [0, 0.1) is 5.92 Å². The number of rotatable bonds is 12. The largest absolute Gasteiger partial charge is 0.480 e. The quantitative estimate of drug-likeness (QED) is 0.248. The van der Waals surface area contributed by atoms with E-state index in [9.17, 15) is 29.4 Å². The first-order valence-electron chi connectivity index (χ1n) is 10.1. The van der Waals surface area contributed by atoms with Gasteiger partial charge in [-0.05, 0) is 24.8 Å². The Morgan fingerprint density at radius 2 is 1.55 bits per heavy atom. The summed E-state index contributed by atoms with van der Waals surface area (Å²) in [5, 5.41) is 26.6. The average Bonchev–Trinajstić information content (AvgIpc) is 2.70. The average molecular weight is 437 g/mol. The molecule has 0 radical (unpaired) electrons. The van der Waals surface area contributed by atoms with E-state index in [-0.39, 0.29) is 25.3 Å². The number of aliphatic carboxylic acids is 1. The van der Waals surface area contributed by atoms with Gasteiger partial charge in [0.2, 0.25) is 17.7 Å². The predicted octanol–water partition coefficient (Wildman–Crippen LogP) is -0.846. The lowest BCUT2D eigenvalue weighted by atomic mass is 10.0. The van der Waals surface area contributed by atoms with Crippen LogP contribution in [-0.4, -0.2) is 64.7 Å². The lowest BCUT2D eigenvalue weighted by Gasteiger charge is -2.26. The Morgan fingerprint density at radius 3 is 2.03 bits per heavy atom. The molecule has 0 saturated carbocycles. The number of aliphatic hydroxyl groups excluding tert-OH is 1. The van der Waals surface area contributed by atoms with E-state index in [0.29, 0.717) is 0 Å². The number of amides is 3. The van der Waals surface area contributed by atoms with Gasteiger partial charge in [-0.15, -0.1) is 0 Å². The summed E-state index contributed by atoms with van der Waals surface area (Å²) >= 11 is 0. The fourth-order valence-corrected chi connectivity index (χ4v) is 2.93. The highest BCUT2D eigenvalue weighted by Gasteiger charge is 2.32. The minimum absolute atomic E-state index is 0.00252. The molecule has 0 aliphatic carbocycles. The molecule has 10 nitrogen and oxygen atoms in total. The maximum absolute atomic E-state index is 12.8. The third kappa shape index (κ3) is 9.14. The molecule has 3 amide bonds. The second-order valence-corrected chi connectivity index (χ2v) is 7.77. The van der Waals surface area contributed by atoms with Crippen molar-refractivity contribution in [1.82, 2.24) is 16.0 Å². The fourth-order valence-electron chi connectivity index (χ4n) is 2.93. The molecule has 0 aliphatic heterocycles. The lowest BCUT2D eigenvalue weighted by molar-refractivity contribution is -0.143. The van der Waals surface area contributed by atoms with Crippen molar-refractivity contribution < 1.29 is 29.4 Å². The summed E-state index contributed by atoms with van der Waals surface area (Å²) in [6.45, 7) is 4.59. The molecule has 1 aromatic rings. The van der Waals surface area contributed by atoms with E-state index in [0.717, 1.165) is 5.56 Å². The summed E-state index contributed by atoms with van der Waals surface area (Å²) in [4.78, 5) is 48.7. The molecule has 172 valence electrons. The molecule has 10 heteroatoms. The van der Waals surface area contributed by atoms with Gasteiger partial charge >= 0.3 is 5.97 Å². The van der Waals surface area contributed by atoms with Crippen molar-refractivity contribution in [3.05, 3.63) is 35.9 Å². The van der Waals surface area contributed by atoms with Crippen LogP contribution in [0.1, 0.15) is 32.8 Å². The van der Waals surface area contributed by atoms with Crippen LogP contribution in [0.2, 0.25) is 0 Å². The molecule has 0 aromatic heterocycles. The number of nitrogens with two attached hydrogens (primary N) is 1. The third-order valence-electron chi connectivity index (χ3n) is 4.50. The Bertz CT molecular complexity index is 753. The Kier molecular flexibility index (Phi) is 10.6. The molecule has 0 saturated heterocycles. The molecule has 31 heavy (non-hydrogen) atoms. The van der Waals surface area contributed by atoms with Crippen molar-refractivity contribution in [3.8, 4) is 0 Å². The van der Waals surface area contributed by atoms with Gasteiger partial charge in [-0.2, -0.15) is 0 Å². The van der Waals surface area contributed by atoms with Gasteiger partial charge < -0.3 is 31.9 Å². The van der Waals surface area contributed by atoms with Gasteiger partial charge in [-0.25, -0.2) is 4.79 Å². The van der Waals surface area contributed by atoms with Gasteiger partial charge in [-0.3, -0.25) is 14.4 Å². The third-order valence-corrected chi connectivity index (χ3v) is 4.50. The van der Waals surface area contributed by atoms with Crippen molar-refractivity contribution in [2.75, 3.05) is 6.54 Å². The number of nitrogens with one attached hydrogen (secondary N) is 3. The molecule has 1 aromatic carbocycles. The van der Waals surface area contributed by atoms with Crippen LogP contribution in [0.4, 0.5) is 0 Å². The van der Waals surface area contributed by atoms with E-state index in [1.54, 1.807) is 30.3 Å². The van der Waals surface area contributed by atoms with Crippen LogP contribution in [0.3, 0.4) is 0 Å². The van der Waals surface area contributed by atoms with Crippen LogP contribution in [0.5, 0.6) is 0 Å². The zero-order valence-electron chi connectivity index (χ0n) is 18.0. The van der Waals surface area contributed by atoms with E-state index in [4.69, 9.17) is 5.73 Å². The summed E-state index contributed by atoms with van der Waals surface area (Å²) in [5.41, 5.74) is 6.10. The lowest BCUT2D eigenvalue weighted by Crippen LogP contribution is -2.59. The van der Waals surface area contributed by atoms with Crippen molar-refractivity contribution >= 4 is 23.7 Å². The van der Waals surface area contributed by atoms with E-state index >= 15 is 0 Å². The molecule has 4 unspecified atom stereocenters. The molecular formula is C21H32N4O6. The number of carboxylic acids is 1. The second-order valence-electron chi connectivity index (χ2n) is 7.77. The smallest absolute Gasteiger partial charge is 0.326 e. The summed E-state index contributed by atoms with van der Waals surface area (Å²) in [5.74, 6) is -3.31. The summed E-state index contributed by atoms with van der Waals surface area (Å²) in [6, 6.07) is 5.30. The minimum atomic E-state index is -1.41. The minimum Gasteiger partial charge on any atom is -0.480 e. The van der Waals surface area contributed by atoms with E-state index in [1.165, 1.54) is 6.92 Å². The van der Waals surface area contributed by atoms with Crippen LogP contribution < -0.4 is 21.7 Å². The van der Waals surface area contributed by atoms with Crippen LogP contribution in [0.15, 0.2) is 30.3 Å². The van der Waals surface area contributed by atoms with Gasteiger partial charge in [0.05, 0.1) is 12.6 Å². The van der Waals surface area contributed by atoms with Gasteiger partial charge in [0.1, 0.15) is 18.1 Å². The standard InChI is InChI=1S/C21H32N4O6/c1-12(2)9-16(21(30)31)24-20(29)18(13(3)26)25-19(28)15(23-17(27)11-22)10-14-7-5-4-6-8-14/h4-8,12-13,15-16,18,26H,9-11,22H2,1-3H3,(H,23,27)(H,24,29)(H,25,28)(H,30,31). The number of benzene rings is 1. The topological polar surface area (TPSA) is 171 Å². The van der Waals surface area contributed by atoms with Gasteiger partial charge in [0, 0.05) is 6.42 Å². The Hall–Kier alpha value is -2.98. The number of hydrogen-bond acceptors (Lipinski definition) is 6. The van der Waals surface area contributed by atoms with Crippen LogP contribution in [-0.2, 0) is 25.6 Å². The molecule has 0 aliphatic rings. The summed E-state index contributed by atoms with van der Waals surface area (Å²) < 4.78 is 0. The number of carbonyl (C=O) groups is 4. The van der Waals surface area contributed by atoms with Gasteiger partial charge in [0.15, 0.2) is 0 Å². The van der Waals surface area contributed by atoms with Crippen LogP contribution >= 0.6 is 0 Å². The Balaban J connectivity index is 2.97. The molecule has 4 atom stereocenters. The van der Waals surface area contributed by atoms with Crippen molar-refractivity contribution in [1.29, 1.82) is 0 Å². The predicted molar refractivity (Wildman–Crippen MR) is 114 cm³/mol. The summed E-state index contributed by atoms with van der Waals surface area (Å²) in [7, 11) is 0. The van der Waals surface area contributed by atoms with Gasteiger partial charge in [-0.1, -0.05) is 44.2 Å². The molecular weight excluding hydrogens is 404 g/mol. The SMILES string of the molecule is CC(C)CC(NC(=O)C(NC(=O)C(Cc1ccccc1)NC(=O)CN)C(C)O)C(=O)O. The summed E-state index contributed by atoms with van der Waals surface area (Å²) in [6.07, 6.45) is -0.984. The van der Waals surface area contributed by atoms with E-state index < -0.39 is 47.9 Å². The Morgan fingerprint density at radius 1 is 0.935 bits per heavy atom. The van der Waals surface area contributed by atoms with E-state index in [1.807, 2.05) is 13.8 Å². The van der Waals surface area contributed by atoms with Crippen molar-refractivity contribution in [2.24, 2.45) is 11.7 Å². The highest BCUT2D eigenvalue weighted by atomic mass is 16.4. The van der Waals surface area contributed by atoms with Crippen molar-refractivity contribution in [2.45, 2.75) is 57.8 Å². The van der Waals surface area contributed by atoms with Crippen molar-refractivity contribution in [3.63, 3.8) is 0 Å². The molecule has 0 heterocycles. The zero-order valence-corrected chi connectivity index (χ0v) is 18.0. The Labute approximate surface area is 181 Å².